The number of halogens is 1. The van der Waals surface area contributed by atoms with Crippen LogP contribution in [0.3, 0.4) is 0 Å². The lowest BCUT2D eigenvalue weighted by Crippen LogP contribution is -1.67. The monoisotopic (exact) mass is 203 g/mol. The minimum Gasteiger partial charge on any atom is -0.252 e. The van der Waals surface area contributed by atoms with E-state index in [2.05, 4.69) is 4.52 Å². The van der Waals surface area contributed by atoms with Crippen molar-refractivity contribution in [3.8, 4) is 4.52 Å². The number of rotatable bonds is 1. The van der Waals surface area contributed by atoms with Crippen molar-refractivity contribution in [2.45, 2.75) is 4.90 Å². The van der Waals surface area contributed by atoms with Crippen molar-refractivity contribution in [3.05, 3.63) is 29.3 Å². The number of nitrogens with two attached hydrogens (primary N) is 1. The molecule has 1 rings (SSSR count). The molecule has 1 aromatic carbocycles. The molecular weight excluding hydrogens is 198 g/mol. The van der Waals surface area contributed by atoms with E-state index in [0.29, 0.717) is 0 Å². The molecule has 0 aliphatic rings. The Morgan fingerprint density at radius 1 is 1.27 bits per heavy atom. The lowest BCUT2D eigenvalue weighted by Gasteiger charge is -1.92. The van der Waals surface area contributed by atoms with Crippen LogP contribution in [0.15, 0.2) is 29.2 Å². The molecule has 0 radical (unpaired) electrons. The molecule has 0 saturated heterocycles. The molecule has 0 spiro atoms. The highest BCUT2D eigenvalue weighted by atomic mass is 35.5. The Labute approximate surface area is 78.7 Å². The van der Waals surface area contributed by atoms with Crippen molar-refractivity contribution >= 4 is 34.7 Å². The molecule has 11 heavy (non-hydrogen) atoms. The van der Waals surface area contributed by atoms with Crippen LogP contribution in [0.1, 0.15) is 0 Å². The summed E-state index contributed by atoms with van der Waals surface area (Å²) in [5.74, 6) is 0. The maximum Gasteiger partial charge on any atom is 0.0406 e. The molecule has 0 atom stereocenters. The zero-order valence-electron chi connectivity index (χ0n) is 5.58. The van der Waals surface area contributed by atoms with Crippen molar-refractivity contribution in [2.24, 2.45) is 5.14 Å². The van der Waals surface area contributed by atoms with E-state index >= 15 is 0 Å². The van der Waals surface area contributed by atoms with E-state index in [9.17, 15) is 0 Å². The number of benzene rings is 1. The highest BCUT2D eigenvalue weighted by Crippen LogP contribution is 2.19. The van der Waals surface area contributed by atoms with Gasteiger partial charge in [0, 0.05) is 14.4 Å². The Kier molecular flexibility index (Phi) is 3.77. The molecule has 0 fully saturated rings. The largest absolute Gasteiger partial charge is 0.252 e. The highest BCUT2D eigenvalue weighted by Gasteiger charge is 1.89. The van der Waals surface area contributed by atoms with Gasteiger partial charge in [0.05, 0.1) is 0 Å². The first-order valence-corrected chi connectivity index (χ1v) is 4.93. The minimum atomic E-state index is 0.745. The van der Waals surface area contributed by atoms with Crippen LogP contribution >= 0.6 is 34.7 Å². The van der Waals surface area contributed by atoms with Gasteiger partial charge in [0.1, 0.15) is 0 Å². The Morgan fingerprint density at radius 3 is 2.45 bits per heavy atom. The fourth-order valence-electron chi connectivity index (χ4n) is 0.575. The molecule has 0 unspecified atom stereocenters. The van der Waals surface area contributed by atoms with Crippen molar-refractivity contribution in [2.75, 3.05) is 0 Å². The zero-order valence-corrected chi connectivity index (χ0v) is 7.97. The summed E-state index contributed by atoms with van der Waals surface area (Å²) in [7, 11) is 0. The highest BCUT2D eigenvalue weighted by molar-refractivity contribution is 8.10. The van der Waals surface area contributed by atoms with Crippen LogP contribution in [-0.2, 0) is 0 Å². The second kappa shape index (κ2) is 4.65. The van der Waals surface area contributed by atoms with Crippen molar-refractivity contribution in [1.29, 1.82) is 0 Å². The summed E-state index contributed by atoms with van der Waals surface area (Å²) in [5.41, 5.74) is 0. The standard InChI is InChI=1S/C7H6ClNS2/c8-6-1-3-7(4-2-6)10-5-11-9/h1-4H,9H2. The zero-order chi connectivity index (χ0) is 8.10. The fraction of sp³-hybridized carbons (Fsp3) is 0. The van der Waals surface area contributed by atoms with E-state index in [4.69, 9.17) is 16.7 Å². The summed E-state index contributed by atoms with van der Waals surface area (Å²) >= 11 is 8.23. The third-order valence-corrected chi connectivity index (χ3v) is 2.50. The van der Waals surface area contributed by atoms with E-state index in [1.165, 1.54) is 11.8 Å². The maximum absolute atomic E-state index is 5.69. The molecule has 1 aromatic rings. The third-order valence-electron chi connectivity index (χ3n) is 1.02. The summed E-state index contributed by atoms with van der Waals surface area (Å²) in [6, 6.07) is 7.53. The van der Waals surface area contributed by atoms with Crippen LogP contribution in [0.25, 0.3) is 0 Å². The summed E-state index contributed by atoms with van der Waals surface area (Å²) in [6.07, 6.45) is 0. The summed E-state index contributed by atoms with van der Waals surface area (Å²) < 4.78 is 2.85. The predicted molar refractivity (Wildman–Crippen MR) is 53.0 cm³/mol. The molecule has 1 nitrogen and oxygen atoms in total. The number of hydrogen-bond donors (Lipinski definition) is 1. The van der Waals surface area contributed by atoms with Crippen LogP contribution in [0.4, 0.5) is 0 Å². The summed E-state index contributed by atoms with van der Waals surface area (Å²) in [4.78, 5) is 1.09. The van der Waals surface area contributed by atoms with Crippen LogP contribution in [0.5, 0.6) is 0 Å². The van der Waals surface area contributed by atoms with Crippen LogP contribution in [0, 0.1) is 4.52 Å². The van der Waals surface area contributed by atoms with Crippen molar-refractivity contribution < 1.29 is 0 Å². The average Bonchev–Trinajstić information content (AvgIpc) is 2.04. The van der Waals surface area contributed by atoms with E-state index in [0.717, 1.165) is 21.3 Å². The fourth-order valence-corrected chi connectivity index (χ4v) is 1.55. The first-order valence-electron chi connectivity index (χ1n) is 2.86. The number of thioether (sulfide) groups is 1. The first kappa shape index (κ1) is 8.91. The van der Waals surface area contributed by atoms with E-state index in [-0.39, 0.29) is 0 Å². The molecule has 0 aromatic heterocycles. The van der Waals surface area contributed by atoms with E-state index < -0.39 is 0 Å². The van der Waals surface area contributed by atoms with Gasteiger partial charge in [-0.15, -0.1) is 0 Å². The van der Waals surface area contributed by atoms with Crippen LogP contribution in [0.2, 0.25) is 5.02 Å². The second-order valence-corrected chi connectivity index (χ2v) is 3.77. The third kappa shape index (κ3) is 3.14. The second-order valence-electron chi connectivity index (χ2n) is 1.76. The Hall–Kier alpha value is -0.180. The molecule has 0 aliphatic carbocycles. The molecule has 0 amide bonds. The van der Waals surface area contributed by atoms with Gasteiger partial charge in [-0.05, 0) is 47.4 Å². The van der Waals surface area contributed by atoms with Gasteiger partial charge in [-0.1, -0.05) is 11.6 Å². The van der Waals surface area contributed by atoms with Crippen molar-refractivity contribution in [3.63, 3.8) is 0 Å². The van der Waals surface area contributed by atoms with Gasteiger partial charge in [0.25, 0.3) is 0 Å². The SMILES string of the molecule is NS#CSc1ccc(Cl)cc1. The lowest BCUT2D eigenvalue weighted by molar-refractivity contribution is 1.47. The van der Waals surface area contributed by atoms with Gasteiger partial charge in [-0.25, -0.2) is 0 Å². The van der Waals surface area contributed by atoms with Crippen LogP contribution < -0.4 is 5.14 Å². The van der Waals surface area contributed by atoms with Gasteiger partial charge >= 0.3 is 0 Å². The topological polar surface area (TPSA) is 26.0 Å². The predicted octanol–water partition coefficient (Wildman–Crippen LogP) is 2.96. The average molecular weight is 204 g/mol. The Bertz CT molecular complexity index is 286. The molecule has 0 saturated carbocycles. The maximum atomic E-state index is 5.69. The molecule has 0 aliphatic heterocycles. The van der Waals surface area contributed by atoms with E-state index in [1.807, 2.05) is 24.3 Å². The normalized spacial score (nSPS) is 8.91. The molecule has 58 valence electrons. The quantitative estimate of drug-likeness (QED) is 0.561. The minimum absolute atomic E-state index is 0.745. The lowest BCUT2D eigenvalue weighted by atomic mass is 10.4. The van der Waals surface area contributed by atoms with Gasteiger partial charge in [0.15, 0.2) is 0 Å². The van der Waals surface area contributed by atoms with Gasteiger partial charge < -0.3 is 0 Å². The smallest absolute Gasteiger partial charge is 0.0406 e. The van der Waals surface area contributed by atoms with Gasteiger partial charge in [-0.2, -0.15) is 0 Å². The molecule has 0 heterocycles. The summed E-state index contributed by atoms with van der Waals surface area (Å²) in [5, 5.41) is 5.91. The Balaban J connectivity index is 2.71. The van der Waals surface area contributed by atoms with Gasteiger partial charge in [-0.3, -0.25) is 5.14 Å². The molecule has 4 heteroatoms. The molecule has 2 N–H and O–H groups in total. The molecular formula is C7H6ClNS2. The van der Waals surface area contributed by atoms with Gasteiger partial charge in [0.2, 0.25) is 0 Å². The van der Waals surface area contributed by atoms with E-state index in [1.54, 1.807) is 0 Å². The molecule has 0 bridgehead atoms. The number of hydrogen-bond acceptors (Lipinski definition) is 2. The van der Waals surface area contributed by atoms with Crippen molar-refractivity contribution in [1.82, 2.24) is 0 Å². The first-order chi connectivity index (χ1) is 5.33. The van der Waals surface area contributed by atoms with Crippen LogP contribution in [-0.4, -0.2) is 0 Å². The summed E-state index contributed by atoms with van der Waals surface area (Å²) in [6.45, 7) is 0. The Morgan fingerprint density at radius 2 is 1.91 bits per heavy atom.